The molecule has 3 rings (SSSR count). The standard InChI is InChI=1S/C16H15NO2/c18-11-12-5-7-13(8-6-12)16(19)17-9-14-3-1-2-4-15(14)10-17/h1-8,18H,9-11H2. The van der Waals surface area contributed by atoms with Crippen molar-refractivity contribution in [2.45, 2.75) is 19.7 Å². The maximum absolute atomic E-state index is 12.4. The molecule has 1 amide bonds. The number of fused-ring (bicyclic) bond motifs is 1. The number of aliphatic hydroxyl groups excluding tert-OH is 1. The number of aliphatic hydroxyl groups is 1. The van der Waals surface area contributed by atoms with Crippen LogP contribution < -0.4 is 0 Å². The van der Waals surface area contributed by atoms with Crippen LogP contribution in [0.1, 0.15) is 27.0 Å². The summed E-state index contributed by atoms with van der Waals surface area (Å²) >= 11 is 0. The van der Waals surface area contributed by atoms with Gasteiger partial charge in [0.15, 0.2) is 0 Å². The van der Waals surface area contributed by atoms with Crippen LogP contribution in [0.5, 0.6) is 0 Å². The second kappa shape index (κ2) is 4.86. The Morgan fingerprint density at radius 3 is 2.11 bits per heavy atom. The molecule has 0 spiro atoms. The molecule has 96 valence electrons. The van der Waals surface area contributed by atoms with Crippen molar-refractivity contribution in [2.24, 2.45) is 0 Å². The molecule has 0 aromatic heterocycles. The van der Waals surface area contributed by atoms with E-state index in [0.29, 0.717) is 18.7 Å². The van der Waals surface area contributed by atoms with Gasteiger partial charge in [0.05, 0.1) is 6.61 Å². The van der Waals surface area contributed by atoms with Crippen LogP contribution in [-0.2, 0) is 19.7 Å². The molecule has 1 aliphatic rings. The second-order valence-electron chi connectivity index (χ2n) is 4.78. The third-order valence-corrected chi connectivity index (χ3v) is 3.51. The fraction of sp³-hybridized carbons (Fsp3) is 0.188. The van der Waals surface area contributed by atoms with Crippen LogP contribution >= 0.6 is 0 Å². The summed E-state index contributed by atoms with van der Waals surface area (Å²) in [6, 6.07) is 15.3. The number of amides is 1. The first-order chi connectivity index (χ1) is 9.28. The summed E-state index contributed by atoms with van der Waals surface area (Å²) in [7, 11) is 0. The summed E-state index contributed by atoms with van der Waals surface area (Å²) in [5.74, 6) is 0.0423. The van der Waals surface area contributed by atoms with Crippen molar-refractivity contribution in [1.82, 2.24) is 4.90 Å². The topological polar surface area (TPSA) is 40.5 Å². The van der Waals surface area contributed by atoms with Crippen LogP contribution in [0.2, 0.25) is 0 Å². The highest BCUT2D eigenvalue weighted by molar-refractivity contribution is 5.94. The van der Waals surface area contributed by atoms with Crippen molar-refractivity contribution in [2.75, 3.05) is 0 Å². The summed E-state index contributed by atoms with van der Waals surface area (Å²) in [5, 5.41) is 9.00. The number of nitrogens with zero attached hydrogens (tertiary/aromatic N) is 1. The first kappa shape index (κ1) is 11.9. The Hall–Kier alpha value is -2.13. The van der Waals surface area contributed by atoms with Gasteiger partial charge in [0, 0.05) is 18.7 Å². The molecule has 1 aliphatic heterocycles. The first-order valence-corrected chi connectivity index (χ1v) is 6.34. The van der Waals surface area contributed by atoms with Gasteiger partial charge in [-0.2, -0.15) is 0 Å². The Balaban J connectivity index is 1.79. The number of rotatable bonds is 2. The molecular weight excluding hydrogens is 238 g/mol. The highest BCUT2D eigenvalue weighted by Crippen LogP contribution is 2.23. The quantitative estimate of drug-likeness (QED) is 0.892. The first-order valence-electron chi connectivity index (χ1n) is 6.34. The van der Waals surface area contributed by atoms with Gasteiger partial charge in [-0.1, -0.05) is 36.4 Å². The summed E-state index contributed by atoms with van der Waals surface area (Å²) < 4.78 is 0. The van der Waals surface area contributed by atoms with E-state index >= 15 is 0 Å². The Labute approximate surface area is 112 Å². The molecule has 19 heavy (non-hydrogen) atoms. The van der Waals surface area contributed by atoms with E-state index in [2.05, 4.69) is 12.1 Å². The van der Waals surface area contributed by atoms with Crippen molar-refractivity contribution in [1.29, 1.82) is 0 Å². The molecule has 0 fully saturated rings. The van der Waals surface area contributed by atoms with Gasteiger partial charge in [-0.15, -0.1) is 0 Å². The van der Waals surface area contributed by atoms with E-state index in [4.69, 9.17) is 5.11 Å². The van der Waals surface area contributed by atoms with Gasteiger partial charge in [-0.3, -0.25) is 4.79 Å². The maximum atomic E-state index is 12.4. The van der Waals surface area contributed by atoms with Gasteiger partial charge in [0.1, 0.15) is 0 Å². The van der Waals surface area contributed by atoms with Gasteiger partial charge < -0.3 is 10.0 Å². The maximum Gasteiger partial charge on any atom is 0.254 e. The molecule has 3 heteroatoms. The van der Waals surface area contributed by atoms with Crippen LogP contribution in [-0.4, -0.2) is 15.9 Å². The number of benzene rings is 2. The van der Waals surface area contributed by atoms with Crippen LogP contribution in [0.3, 0.4) is 0 Å². The molecule has 1 heterocycles. The van der Waals surface area contributed by atoms with E-state index in [0.717, 1.165) is 5.56 Å². The number of carbonyl (C=O) groups is 1. The van der Waals surface area contributed by atoms with Crippen molar-refractivity contribution in [3.05, 3.63) is 70.8 Å². The van der Waals surface area contributed by atoms with Gasteiger partial charge in [0.25, 0.3) is 5.91 Å². The van der Waals surface area contributed by atoms with Crippen LogP contribution in [0.25, 0.3) is 0 Å². The third-order valence-electron chi connectivity index (χ3n) is 3.51. The average Bonchev–Trinajstić information content (AvgIpc) is 2.90. The van der Waals surface area contributed by atoms with E-state index in [1.807, 2.05) is 17.0 Å². The lowest BCUT2D eigenvalue weighted by atomic mass is 10.1. The van der Waals surface area contributed by atoms with Gasteiger partial charge in [-0.05, 0) is 28.8 Å². The summed E-state index contributed by atoms with van der Waals surface area (Å²) in [4.78, 5) is 14.2. The fourth-order valence-electron chi connectivity index (χ4n) is 2.41. The summed E-state index contributed by atoms with van der Waals surface area (Å²) in [5.41, 5.74) is 3.94. The Morgan fingerprint density at radius 1 is 1.00 bits per heavy atom. The third kappa shape index (κ3) is 2.25. The average molecular weight is 253 g/mol. The molecule has 1 N–H and O–H groups in total. The molecule has 2 aromatic rings. The largest absolute Gasteiger partial charge is 0.392 e. The number of hydrogen-bond donors (Lipinski definition) is 1. The zero-order valence-electron chi connectivity index (χ0n) is 10.5. The molecule has 2 aromatic carbocycles. The number of carbonyl (C=O) groups excluding carboxylic acids is 1. The van der Waals surface area contributed by atoms with Crippen molar-refractivity contribution >= 4 is 5.91 Å². The monoisotopic (exact) mass is 253 g/mol. The molecule has 3 nitrogen and oxygen atoms in total. The fourth-order valence-corrected chi connectivity index (χ4v) is 2.41. The molecule has 0 radical (unpaired) electrons. The molecule has 0 saturated carbocycles. The van der Waals surface area contributed by atoms with E-state index in [1.54, 1.807) is 24.3 Å². The van der Waals surface area contributed by atoms with Crippen molar-refractivity contribution in [3.8, 4) is 0 Å². The minimum Gasteiger partial charge on any atom is -0.392 e. The normalized spacial score (nSPS) is 13.4. The van der Waals surface area contributed by atoms with E-state index in [9.17, 15) is 4.79 Å². The van der Waals surface area contributed by atoms with E-state index in [1.165, 1.54) is 11.1 Å². The Bertz CT molecular complexity index is 579. The van der Waals surface area contributed by atoms with Crippen molar-refractivity contribution < 1.29 is 9.90 Å². The zero-order valence-corrected chi connectivity index (χ0v) is 10.5. The molecule has 0 atom stereocenters. The molecule has 0 saturated heterocycles. The lowest BCUT2D eigenvalue weighted by Gasteiger charge is -2.15. The van der Waals surface area contributed by atoms with Crippen LogP contribution in [0, 0.1) is 0 Å². The lowest BCUT2D eigenvalue weighted by Crippen LogP contribution is -2.25. The molecular formula is C16H15NO2. The smallest absolute Gasteiger partial charge is 0.254 e. The Kier molecular flexibility index (Phi) is 3.05. The van der Waals surface area contributed by atoms with Crippen LogP contribution in [0.4, 0.5) is 0 Å². The second-order valence-corrected chi connectivity index (χ2v) is 4.78. The molecule has 0 unspecified atom stereocenters. The Morgan fingerprint density at radius 2 is 1.58 bits per heavy atom. The molecule has 0 bridgehead atoms. The van der Waals surface area contributed by atoms with Gasteiger partial charge in [-0.25, -0.2) is 0 Å². The molecule has 0 aliphatic carbocycles. The predicted molar refractivity (Wildman–Crippen MR) is 72.4 cm³/mol. The zero-order chi connectivity index (χ0) is 13.2. The SMILES string of the molecule is O=C(c1ccc(CO)cc1)N1Cc2ccccc2C1. The summed E-state index contributed by atoms with van der Waals surface area (Å²) in [6.07, 6.45) is 0. The number of hydrogen-bond acceptors (Lipinski definition) is 2. The minimum atomic E-state index is 0.00360. The lowest BCUT2D eigenvalue weighted by molar-refractivity contribution is 0.0751. The highest BCUT2D eigenvalue weighted by Gasteiger charge is 2.23. The van der Waals surface area contributed by atoms with Gasteiger partial charge in [0.2, 0.25) is 0 Å². The summed E-state index contributed by atoms with van der Waals surface area (Å²) in [6.45, 7) is 1.36. The van der Waals surface area contributed by atoms with E-state index in [-0.39, 0.29) is 12.5 Å². The van der Waals surface area contributed by atoms with Gasteiger partial charge >= 0.3 is 0 Å². The minimum absolute atomic E-state index is 0.00360. The van der Waals surface area contributed by atoms with Crippen LogP contribution in [0.15, 0.2) is 48.5 Å². The van der Waals surface area contributed by atoms with Crippen molar-refractivity contribution in [3.63, 3.8) is 0 Å². The highest BCUT2D eigenvalue weighted by atomic mass is 16.3. The predicted octanol–water partition coefficient (Wildman–Crippen LogP) is 2.33. The van der Waals surface area contributed by atoms with E-state index < -0.39 is 0 Å².